The second-order valence-corrected chi connectivity index (χ2v) is 7.32. The predicted octanol–water partition coefficient (Wildman–Crippen LogP) is 2.38. The Balaban J connectivity index is 1.52. The molecule has 1 aliphatic heterocycles. The van der Waals surface area contributed by atoms with Crippen LogP contribution in [0.25, 0.3) is 5.69 Å². The van der Waals surface area contributed by atoms with Crippen molar-refractivity contribution in [2.75, 3.05) is 11.9 Å². The van der Waals surface area contributed by atoms with Crippen molar-refractivity contribution in [3.63, 3.8) is 0 Å². The molecule has 1 aromatic heterocycles. The molecule has 2 heterocycles. The molecule has 1 aliphatic carbocycles. The molecular weight excluding hydrogens is 356 g/mol. The van der Waals surface area contributed by atoms with Crippen molar-refractivity contribution >= 4 is 23.4 Å². The Bertz CT molecular complexity index is 965. The first-order valence-electron chi connectivity index (χ1n) is 9.38. The molecule has 3 amide bonds. The van der Waals surface area contributed by atoms with Crippen molar-refractivity contribution in [2.24, 2.45) is 11.8 Å². The number of benzene rings is 1. The lowest BCUT2D eigenvalue weighted by Crippen LogP contribution is -2.38. The van der Waals surface area contributed by atoms with Gasteiger partial charge in [0.2, 0.25) is 17.7 Å². The maximum atomic E-state index is 12.6. The van der Waals surface area contributed by atoms with Crippen LogP contribution in [0, 0.1) is 25.7 Å². The maximum absolute atomic E-state index is 12.6. The third-order valence-electron chi connectivity index (χ3n) is 5.32. The zero-order valence-corrected chi connectivity index (χ0v) is 15.9. The molecule has 2 unspecified atom stereocenters. The summed E-state index contributed by atoms with van der Waals surface area (Å²) in [4.78, 5) is 38.8. The summed E-state index contributed by atoms with van der Waals surface area (Å²) in [6.45, 7) is 3.58. The summed E-state index contributed by atoms with van der Waals surface area (Å²) < 4.78 is 1.76. The minimum Gasteiger partial charge on any atom is -0.323 e. The molecule has 28 heavy (non-hydrogen) atoms. The van der Waals surface area contributed by atoms with Crippen molar-refractivity contribution < 1.29 is 14.4 Å². The van der Waals surface area contributed by atoms with E-state index in [2.05, 4.69) is 10.4 Å². The fourth-order valence-electron chi connectivity index (χ4n) is 3.99. The lowest BCUT2D eigenvalue weighted by Gasteiger charge is -2.16. The van der Waals surface area contributed by atoms with Gasteiger partial charge in [0.05, 0.1) is 28.9 Å². The lowest BCUT2D eigenvalue weighted by atomic mass is 9.85. The number of carbonyl (C=O) groups excluding carboxylic acids is 3. The first-order chi connectivity index (χ1) is 13.5. The summed E-state index contributed by atoms with van der Waals surface area (Å²) in [5.74, 6) is -1.55. The van der Waals surface area contributed by atoms with Crippen LogP contribution in [-0.4, -0.2) is 38.9 Å². The van der Waals surface area contributed by atoms with E-state index in [1.54, 1.807) is 10.7 Å². The number of hydrogen-bond donors (Lipinski definition) is 1. The summed E-state index contributed by atoms with van der Waals surface area (Å²) in [6.07, 6.45) is 4.99. The molecule has 1 saturated heterocycles. The molecule has 4 rings (SSSR count). The summed E-state index contributed by atoms with van der Waals surface area (Å²) >= 11 is 0. The number of aryl methyl sites for hydroxylation is 2. The predicted molar refractivity (Wildman–Crippen MR) is 104 cm³/mol. The van der Waals surface area contributed by atoms with Gasteiger partial charge in [-0.3, -0.25) is 19.3 Å². The molecule has 1 N–H and O–H groups in total. The van der Waals surface area contributed by atoms with Crippen LogP contribution in [0.4, 0.5) is 5.69 Å². The molecule has 2 aliphatic rings. The smallest absolute Gasteiger partial charge is 0.244 e. The van der Waals surface area contributed by atoms with Gasteiger partial charge in [-0.05, 0) is 44.9 Å². The van der Waals surface area contributed by atoms with E-state index in [4.69, 9.17) is 0 Å². The molecule has 1 fully saturated rings. The van der Waals surface area contributed by atoms with Gasteiger partial charge >= 0.3 is 0 Å². The van der Waals surface area contributed by atoms with Crippen LogP contribution in [0.15, 0.2) is 42.5 Å². The van der Waals surface area contributed by atoms with Crippen molar-refractivity contribution in [1.82, 2.24) is 14.7 Å². The van der Waals surface area contributed by atoms with E-state index in [0.717, 1.165) is 22.0 Å². The fraction of sp³-hybridized carbons (Fsp3) is 0.333. The van der Waals surface area contributed by atoms with Gasteiger partial charge in [-0.25, -0.2) is 4.68 Å². The number of para-hydroxylation sites is 2. The Kier molecular flexibility index (Phi) is 4.58. The zero-order chi connectivity index (χ0) is 19.8. The average molecular weight is 378 g/mol. The quantitative estimate of drug-likeness (QED) is 0.654. The lowest BCUT2D eigenvalue weighted by molar-refractivity contribution is -0.142. The Morgan fingerprint density at radius 1 is 1.11 bits per heavy atom. The van der Waals surface area contributed by atoms with E-state index >= 15 is 0 Å². The number of amides is 3. The van der Waals surface area contributed by atoms with E-state index in [9.17, 15) is 14.4 Å². The summed E-state index contributed by atoms with van der Waals surface area (Å²) in [5.41, 5.74) is 3.14. The molecule has 0 spiro atoms. The zero-order valence-electron chi connectivity index (χ0n) is 15.9. The fourth-order valence-corrected chi connectivity index (χ4v) is 3.99. The summed E-state index contributed by atoms with van der Waals surface area (Å²) in [7, 11) is 0. The Hall–Kier alpha value is -3.22. The Labute approximate surface area is 163 Å². The van der Waals surface area contributed by atoms with Crippen LogP contribution >= 0.6 is 0 Å². The van der Waals surface area contributed by atoms with Gasteiger partial charge in [-0.2, -0.15) is 5.10 Å². The van der Waals surface area contributed by atoms with Gasteiger partial charge in [0.25, 0.3) is 0 Å². The highest BCUT2D eigenvalue weighted by Gasteiger charge is 2.47. The molecule has 0 saturated carbocycles. The highest BCUT2D eigenvalue weighted by molar-refractivity contribution is 6.09. The highest BCUT2D eigenvalue weighted by atomic mass is 16.2. The normalized spacial score (nSPS) is 21.1. The molecular formula is C21H22N4O3. The van der Waals surface area contributed by atoms with Crippen LogP contribution in [0.5, 0.6) is 0 Å². The van der Waals surface area contributed by atoms with E-state index in [0.29, 0.717) is 18.5 Å². The summed E-state index contributed by atoms with van der Waals surface area (Å²) in [6, 6.07) is 9.28. The second kappa shape index (κ2) is 7.07. The number of nitrogens with one attached hydrogen (secondary N) is 1. The molecule has 0 radical (unpaired) electrons. The number of likely N-dealkylation sites (tertiary alicyclic amines) is 1. The van der Waals surface area contributed by atoms with Gasteiger partial charge in [-0.15, -0.1) is 0 Å². The molecule has 7 nitrogen and oxygen atoms in total. The van der Waals surface area contributed by atoms with E-state index in [1.165, 1.54) is 0 Å². The SMILES string of the molecule is Cc1cc(C)n(-c2ccccc2NC(=O)CN2C(=O)C3CC=CCC3C2=O)n1. The number of carbonyl (C=O) groups is 3. The summed E-state index contributed by atoms with van der Waals surface area (Å²) in [5, 5.41) is 7.30. The number of anilines is 1. The molecule has 144 valence electrons. The van der Waals surface area contributed by atoms with Crippen LogP contribution in [-0.2, 0) is 14.4 Å². The maximum Gasteiger partial charge on any atom is 0.244 e. The number of fused-ring (bicyclic) bond motifs is 1. The number of imide groups is 1. The van der Waals surface area contributed by atoms with Crippen LogP contribution in [0.2, 0.25) is 0 Å². The first-order valence-corrected chi connectivity index (χ1v) is 9.38. The van der Waals surface area contributed by atoms with E-state index in [-0.39, 0.29) is 30.2 Å². The van der Waals surface area contributed by atoms with Crippen LogP contribution in [0.3, 0.4) is 0 Å². The van der Waals surface area contributed by atoms with Crippen molar-refractivity contribution in [1.29, 1.82) is 0 Å². The second-order valence-electron chi connectivity index (χ2n) is 7.32. The van der Waals surface area contributed by atoms with E-state index < -0.39 is 5.91 Å². The average Bonchev–Trinajstić information content (AvgIpc) is 3.14. The molecule has 1 aromatic carbocycles. The molecule has 7 heteroatoms. The number of allylic oxidation sites excluding steroid dienone is 2. The topological polar surface area (TPSA) is 84.3 Å². The molecule has 0 bridgehead atoms. The number of nitrogens with zero attached hydrogens (tertiary/aromatic N) is 3. The largest absolute Gasteiger partial charge is 0.323 e. The first kappa shape index (κ1) is 18.2. The van der Waals surface area contributed by atoms with Gasteiger partial charge < -0.3 is 5.32 Å². The van der Waals surface area contributed by atoms with Gasteiger partial charge in [0.15, 0.2) is 0 Å². The van der Waals surface area contributed by atoms with Gasteiger partial charge in [0, 0.05) is 5.69 Å². The number of hydrogen-bond acceptors (Lipinski definition) is 4. The standard InChI is InChI=1S/C21H22N4O3/c1-13-11-14(2)25(23-13)18-10-6-5-9-17(18)22-19(26)12-24-20(27)15-7-3-4-8-16(15)21(24)28/h3-6,9-11,15-16H,7-8,12H2,1-2H3,(H,22,26). The monoisotopic (exact) mass is 378 g/mol. The van der Waals surface area contributed by atoms with Crippen molar-refractivity contribution in [2.45, 2.75) is 26.7 Å². The number of aromatic nitrogens is 2. The van der Waals surface area contributed by atoms with Crippen LogP contribution in [0.1, 0.15) is 24.2 Å². The molecule has 2 atom stereocenters. The third-order valence-corrected chi connectivity index (χ3v) is 5.32. The van der Waals surface area contributed by atoms with Gasteiger partial charge in [-0.1, -0.05) is 24.3 Å². The third kappa shape index (κ3) is 3.13. The highest BCUT2D eigenvalue weighted by Crippen LogP contribution is 2.35. The molecule has 2 aromatic rings. The van der Waals surface area contributed by atoms with E-state index in [1.807, 2.05) is 50.3 Å². The minimum absolute atomic E-state index is 0.249. The van der Waals surface area contributed by atoms with Crippen LogP contribution < -0.4 is 5.32 Å². The van der Waals surface area contributed by atoms with Crippen molar-refractivity contribution in [3.05, 3.63) is 53.9 Å². The van der Waals surface area contributed by atoms with Gasteiger partial charge in [0.1, 0.15) is 6.54 Å². The minimum atomic E-state index is -0.401. The Morgan fingerprint density at radius 2 is 1.75 bits per heavy atom. The van der Waals surface area contributed by atoms with Crippen molar-refractivity contribution in [3.8, 4) is 5.69 Å². The number of rotatable bonds is 4. The Morgan fingerprint density at radius 3 is 2.36 bits per heavy atom.